The van der Waals surface area contributed by atoms with Crippen LogP contribution in [0.4, 0.5) is 11.4 Å². The van der Waals surface area contributed by atoms with Crippen LogP contribution in [0.5, 0.6) is 0 Å². The first-order valence-corrected chi connectivity index (χ1v) is 3.27. The molecule has 0 aromatic heterocycles. The van der Waals surface area contributed by atoms with Gasteiger partial charge in [0, 0.05) is 11.8 Å². The minimum absolute atomic E-state index is 0. The number of carboxylic acid groups (broad SMARTS) is 1. The molecule has 0 aliphatic heterocycles. The third-order valence-electron chi connectivity index (χ3n) is 1.44. The largest absolute Gasteiger partial charge is 1.00 e. The maximum atomic E-state index is 10.4. The van der Waals surface area contributed by atoms with Gasteiger partial charge in [0.2, 0.25) is 0 Å². The number of nitrogen functional groups attached to an aromatic ring is 1. The van der Waals surface area contributed by atoms with Crippen molar-refractivity contribution in [3.8, 4) is 0 Å². The molecule has 0 aliphatic carbocycles. The standard InChI is InChI=1S/C7H6N2O4.Na/c8-4-1-2-6(9(12)13)5(3-4)7(10)11;/h1-3H,8H2,(H,10,11);/q;+1/p-1. The normalized spacial score (nSPS) is 8.86. The van der Waals surface area contributed by atoms with Crippen LogP contribution in [0, 0.1) is 10.1 Å². The van der Waals surface area contributed by atoms with Gasteiger partial charge < -0.3 is 15.6 Å². The minimum atomic E-state index is -1.61. The molecule has 2 N–H and O–H groups in total. The summed E-state index contributed by atoms with van der Waals surface area (Å²) in [5, 5.41) is 20.7. The van der Waals surface area contributed by atoms with Gasteiger partial charge in [-0.2, -0.15) is 0 Å². The van der Waals surface area contributed by atoms with Crippen molar-refractivity contribution in [3.63, 3.8) is 0 Å². The van der Waals surface area contributed by atoms with E-state index in [1.54, 1.807) is 0 Å². The zero-order valence-electron chi connectivity index (χ0n) is 7.39. The molecule has 0 saturated heterocycles. The molecule has 6 nitrogen and oxygen atoms in total. The number of nitro benzene ring substituents is 1. The average Bonchev–Trinajstić information content (AvgIpc) is 2.03. The number of hydrogen-bond donors (Lipinski definition) is 1. The predicted octanol–water partition coefficient (Wildman–Crippen LogP) is -3.46. The summed E-state index contributed by atoms with van der Waals surface area (Å²) in [6, 6.07) is 3.28. The molecule has 0 fully saturated rings. The third-order valence-corrected chi connectivity index (χ3v) is 1.44. The molecule has 0 saturated carbocycles. The van der Waals surface area contributed by atoms with E-state index in [4.69, 9.17) is 5.73 Å². The Hall–Kier alpha value is -1.11. The number of nitro groups is 1. The second-order valence-electron chi connectivity index (χ2n) is 2.32. The SMILES string of the molecule is Nc1ccc([N+](=O)[O-])c(C(=O)[O-])c1.[Na+]. The van der Waals surface area contributed by atoms with Gasteiger partial charge in [0.1, 0.15) is 0 Å². The van der Waals surface area contributed by atoms with E-state index in [1.165, 1.54) is 6.07 Å². The van der Waals surface area contributed by atoms with Crippen molar-refractivity contribution in [3.05, 3.63) is 33.9 Å². The molecule has 14 heavy (non-hydrogen) atoms. The van der Waals surface area contributed by atoms with Crippen LogP contribution in [0.2, 0.25) is 0 Å². The van der Waals surface area contributed by atoms with Crippen molar-refractivity contribution in [2.45, 2.75) is 0 Å². The molecular weight excluding hydrogens is 199 g/mol. The Labute approximate surface area is 101 Å². The number of carbonyl (C=O) groups excluding carboxylic acids is 1. The maximum absolute atomic E-state index is 10.4. The molecule has 1 aromatic carbocycles. The van der Waals surface area contributed by atoms with Crippen LogP contribution in [-0.4, -0.2) is 10.9 Å². The van der Waals surface area contributed by atoms with Gasteiger partial charge in [0.25, 0.3) is 5.69 Å². The number of anilines is 1. The van der Waals surface area contributed by atoms with Gasteiger partial charge in [0.15, 0.2) is 0 Å². The van der Waals surface area contributed by atoms with Crippen LogP contribution in [0.1, 0.15) is 10.4 Å². The molecule has 7 heteroatoms. The Balaban J connectivity index is 0.00000169. The Morgan fingerprint density at radius 1 is 1.43 bits per heavy atom. The number of aromatic carboxylic acids is 1. The van der Waals surface area contributed by atoms with Crippen molar-refractivity contribution in [2.75, 3.05) is 5.73 Å². The Kier molecular flexibility index (Phi) is 4.55. The molecule has 0 spiro atoms. The maximum Gasteiger partial charge on any atom is 1.00 e. The Morgan fingerprint density at radius 3 is 2.43 bits per heavy atom. The van der Waals surface area contributed by atoms with E-state index >= 15 is 0 Å². The van der Waals surface area contributed by atoms with E-state index in [0.29, 0.717) is 0 Å². The number of hydrogen-bond acceptors (Lipinski definition) is 5. The molecule has 1 rings (SSSR count). The van der Waals surface area contributed by atoms with Crippen LogP contribution in [0.25, 0.3) is 0 Å². The van der Waals surface area contributed by atoms with E-state index in [1.807, 2.05) is 0 Å². The fourth-order valence-corrected chi connectivity index (χ4v) is 0.876. The number of rotatable bonds is 2. The minimum Gasteiger partial charge on any atom is -0.545 e. The summed E-state index contributed by atoms with van der Waals surface area (Å²) in [5.41, 5.74) is 4.37. The molecular formula is C7H5N2NaO4. The number of nitrogens with zero attached hydrogens (tertiary/aromatic N) is 1. The van der Waals surface area contributed by atoms with Crippen LogP contribution >= 0.6 is 0 Å². The van der Waals surface area contributed by atoms with Crippen molar-refractivity contribution in [2.24, 2.45) is 0 Å². The first-order chi connectivity index (χ1) is 6.02. The Morgan fingerprint density at radius 2 is 2.00 bits per heavy atom. The summed E-state index contributed by atoms with van der Waals surface area (Å²) in [6.07, 6.45) is 0. The molecule has 0 atom stereocenters. The first kappa shape index (κ1) is 12.9. The van der Waals surface area contributed by atoms with Crippen LogP contribution in [0.3, 0.4) is 0 Å². The first-order valence-electron chi connectivity index (χ1n) is 3.27. The van der Waals surface area contributed by atoms with E-state index in [2.05, 4.69) is 0 Å². The van der Waals surface area contributed by atoms with Gasteiger partial charge in [-0.05, 0) is 12.1 Å². The summed E-state index contributed by atoms with van der Waals surface area (Å²) in [7, 11) is 0. The monoisotopic (exact) mass is 204 g/mol. The van der Waals surface area contributed by atoms with E-state index in [-0.39, 0.29) is 35.2 Å². The molecule has 0 aliphatic rings. The van der Waals surface area contributed by atoms with Crippen molar-refractivity contribution in [1.29, 1.82) is 0 Å². The molecule has 0 heterocycles. The number of carbonyl (C=O) groups is 1. The summed E-state index contributed by atoms with van der Waals surface area (Å²) in [5.74, 6) is -1.61. The predicted molar refractivity (Wildman–Crippen MR) is 41.8 cm³/mol. The zero-order valence-corrected chi connectivity index (χ0v) is 9.39. The molecule has 0 bridgehead atoms. The van der Waals surface area contributed by atoms with Gasteiger partial charge in [-0.15, -0.1) is 0 Å². The second-order valence-corrected chi connectivity index (χ2v) is 2.32. The number of carboxylic acids is 1. The van der Waals surface area contributed by atoms with E-state index < -0.39 is 22.1 Å². The fourth-order valence-electron chi connectivity index (χ4n) is 0.876. The van der Waals surface area contributed by atoms with Crippen LogP contribution in [-0.2, 0) is 0 Å². The number of nitrogens with two attached hydrogens (primary N) is 1. The molecule has 0 unspecified atom stereocenters. The second kappa shape index (κ2) is 4.94. The summed E-state index contributed by atoms with van der Waals surface area (Å²) in [6.45, 7) is 0. The van der Waals surface area contributed by atoms with Crippen molar-refractivity contribution >= 4 is 17.3 Å². The summed E-state index contributed by atoms with van der Waals surface area (Å²) >= 11 is 0. The molecule has 0 radical (unpaired) electrons. The van der Waals surface area contributed by atoms with Crippen molar-refractivity contribution in [1.82, 2.24) is 0 Å². The molecule has 68 valence electrons. The van der Waals surface area contributed by atoms with E-state index in [9.17, 15) is 20.0 Å². The summed E-state index contributed by atoms with van der Waals surface area (Å²) in [4.78, 5) is 19.9. The van der Waals surface area contributed by atoms with Gasteiger partial charge in [-0.25, -0.2) is 0 Å². The topological polar surface area (TPSA) is 109 Å². The van der Waals surface area contributed by atoms with Gasteiger partial charge >= 0.3 is 29.6 Å². The van der Waals surface area contributed by atoms with Crippen molar-refractivity contribution < 1.29 is 44.4 Å². The molecule has 0 amide bonds. The smallest absolute Gasteiger partial charge is 0.545 e. The number of benzene rings is 1. The van der Waals surface area contributed by atoms with E-state index in [0.717, 1.165) is 12.1 Å². The Bertz CT molecular complexity index is 380. The zero-order chi connectivity index (χ0) is 10.0. The molecule has 1 aromatic rings. The van der Waals surface area contributed by atoms with Crippen LogP contribution in [0.15, 0.2) is 18.2 Å². The fraction of sp³-hybridized carbons (Fsp3) is 0. The quantitative estimate of drug-likeness (QED) is 0.233. The average molecular weight is 204 g/mol. The summed E-state index contributed by atoms with van der Waals surface area (Å²) < 4.78 is 0. The third kappa shape index (κ3) is 2.69. The van der Waals surface area contributed by atoms with Gasteiger partial charge in [0.05, 0.1) is 16.5 Å². The van der Waals surface area contributed by atoms with Gasteiger partial charge in [-0.3, -0.25) is 10.1 Å². The van der Waals surface area contributed by atoms with Crippen LogP contribution < -0.4 is 40.4 Å². The van der Waals surface area contributed by atoms with Gasteiger partial charge in [-0.1, -0.05) is 0 Å².